The molecule has 1 N–H and O–H groups in total. The molecule has 9 heteroatoms. The van der Waals surface area contributed by atoms with Crippen molar-refractivity contribution in [2.75, 3.05) is 11.5 Å². The van der Waals surface area contributed by atoms with Gasteiger partial charge in [0.1, 0.15) is 0 Å². The van der Waals surface area contributed by atoms with Crippen LogP contribution in [-0.4, -0.2) is 49.9 Å². The second-order valence-electron chi connectivity index (χ2n) is 6.20. The van der Waals surface area contributed by atoms with Gasteiger partial charge in [-0.2, -0.15) is 4.31 Å². The second kappa shape index (κ2) is 7.28. The first kappa shape index (κ1) is 19.3. The number of halogens is 1. The van der Waals surface area contributed by atoms with Crippen molar-refractivity contribution in [1.82, 2.24) is 4.31 Å². The molecule has 0 amide bonds. The van der Waals surface area contributed by atoms with Gasteiger partial charge in [0, 0.05) is 11.6 Å². The van der Waals surface area contributed by atoms with E-state index in [0.29, 0.717) is 10.6 Å². The van der Waals surface area contributed by atoms with Gasteiger partial charge in [-0.3, -0.25) is 0 Å². The van der Waals surface area contributed by atoms with Crippen molar-refractivity contribution >= 4 is 31.5 Å². The van der Waals surface area contributed by atoms with Crippen LogP contribution in [0, 0.1) is 0 Å². The zero-order chi connectivity index (χ0) is 18.9. The van der Waals surface area contributed by atoms with E-state index in [2.05, 4.69) is 0 Å². The summed E-state index contributed by atoms with van der Waals surface area (Å²) in [5.74, 6) is -0.854. The monoisotopic (exact) mass is 415 g/mol. The van der Waals surface area contributed by atoms with Crippen molar-refractivity contribution < 1.29 is 21.9 Å². The number of aliphatic hydroxyl groups excluding tert-OH is 1. The fraction of sp³-hybridized carbons (Fsp3) is 0.294. The summed E-state index contributed by atoms with van der Waals surface area (Å²) < 4.78 is 51.2. The summed E-state index contributed by atoms with van der Waals surface area (Å²) >= 11 is 5.83. The Bertz CT molecular complexity index is 976. The van der Waals surface area contributed by atoms with Crippen molar-refractivity contribution in [3.8, 4) is 0 Å². The summed E-state index contributed by atoms with van der Waals surface area (Å²) in [5.41, 5.74) is 0.696. The number of nitrogens with zero attached hydrogens (tertiary/aromatic N) is 1. The predicted octanol–water partition coefficient (Wildman–Crippen LogP) is 1.69. The third-order valence-corrected chi connectivity index (χ3v) is 8.10. The number of benzene rings is 2. The Hall–Kier alpha value is -1.45. The van der Waals surface area contributed by atoms with Crippen molar-refractivity contribution in [2.24, 2.45) is 0 Å². The molecule has 2 aromatic carbocycles. The van der Waals surface area contributed by atoms with Crippen molar-refractivity contribution in [1.29, 1.82) is 0 Å². The van der Waals surface area contributed by atoms with E-state index in [0.717, 1.165) is 4.31 Å². The molecule has 0 radical (unpaired) electrons. The van der Waals surface area contributed by atoms with Crippen LogP contribution in [0.1, 0.15) is 5.56 Å². The van der Waals surface area contributed by atoms with Gasteiger partial charge in [0.25, 0.3) is 0 Å². The molecule has 2 aromatic rings. The highest BCUT2D eigenvalue weighted by atomic mass is 35.5. The van der Waals surface area contributed by atoms with Gasteiger partial charge in [-0.15, -0.1) is 0 Å². The zero-order valence-electron chi connectivity index (χ0n) is 13.7. The highest BCUT2D eigenvalue weighted by Gasteiger charge is 2.44. The maximum absolute atomic E-state index is 13.2. The van der Waals surface area contributed by atoms with Gasteiger partial charge in [0.2, 0.25) is 10.0 Å². The van der Waals surface area contributed by atoms with Crippen LogP contribution in [-0.2, 0) is 26.4 Å². The SMILES string of the molecule is O=S1(=O)C[C@@H](N(Cc2ccccc2)S(=O)(=O)c2ccc(Cl)cc2)[C@@H](O)C1. The molecule has 0 saturated carbocycles. The average molecular weight is 416 g/mol. The van der Waals surface area contributed by atoms with Gasteiger partial charge >= 0.3 is 0 Å². The quantitative estimate of drug-likeness (QED) is 0.802. The summed E-state index contributed by atoms with van der Waals surface area (Å²) in [6.45, 7) is -0.0386. The summed E-state index contributed by atoms with van der Waals surface area (Å²) in [7, 11) is -7.54. The van der Waals surface area contributed by atoms with Crippen LogP contribution < -0.4 is 0 Å². The van der Waals surface area contributed by atoms with Crippen molar-refractivity contribution in [3.63, 3.8) is 0 Å². The molecule has 1 aliphatic rings. The zero-order valence-corrected chi connectivity index (χ0v) is 16.1. The molecule has 3 rings (SSSR count). The van der Waals surface area contributed by atoms with E-state index < -0.39 is 43.5 Å². The molecular weight excluding hydrogens is 398 g/mol. The van der Waals surface area contributed by atoms with Crippen LogP contribution in [0.4, 0.5) is 0 Å². The molecule has 0 bridgehead atoms. The number of rotatable bonds is 5. The van der Waals surface area contributed by atoms with Crippen molar-refractivity contribution in [2.45, 2.75) is 23.6 Å². The molecule has 0 spiro atoms. The lowest BCUT2D eigenvalue weighted by molar-refractivity contribution is 0.125. The maximum atomic E-state index is 13.2. The lowest BCUT2D eigenvalue weighted by Crippen LogP contribution is -2.46. The number of hydrogen-bond acceptors (Lipinski definition) is 5. The van der Waals surface area contributed by atoms with Crippen LogP contribution in [0.25, 0.3) is 0 Å². The molecule has 6 nitrogen and oxygen atoms in total. The normalized spacial score (nSPS) is 22.6. The van der Waals surface area contributed by atoms with Gasteiger partial charge in [0.15, 0.2) is 9.84 Å². The Morgan fingerprint density at radius 1 is 1.04 bits per heavy atom. The van der Waals surface area contributed by atoms with Crippen LogP contribution in [0.3, 0.4) is 0 Å². The fourth-order valence-electron chi connectivity index (χ4n) is 2.97. The summed E-state index contributed by atoms with van der Waals surface area (Å²) in [5, 5.41) is 10.6. The number of aliphatic hydroxyl groups is 1. The van der Waals surface area contributed by atoms with Gasteiger partial charge in [0.05, 0.1) is 28.5 Å². The van der Waals surface area contributed by atoms with Crippen LogP contribution in [0.2, 0.25) is 5.02 Å². The van der Waals surface area contributed by atoms with E-state index in [1.54, 1.807) is 30.3 Å². The molecule has 0 unspecified atom stereocenters. The Kier molecular flexibility index (Phi) is 5.41. The van der Waals surface area contributed by atoms with Crippen LogP contribution >= 0.6 is 11.6 Å². The topological polar surface area (TPSA) is 91.8 Å². The Balaban J connectivity index is 2.04. The maximum Gasteiger partial charge on any atom is 0.243 e. The first-order valence-electron chi connectivity index (χ1n) is 7.89. The summed E-state index contributed by atoms with van der Waals surface area (Å²) in [4.78, 5) is -0.00525. The lowest BCUT2D eigenvalue weighted by Gasteiger charge is -2.29. The molecular formula is C17H18ClNO5S2. The van der Waals surface area contributed by atoms with E-state index in [-0.39, 0.29) is 11.4 Å². The Morgan fingerprint density at radius 3 is 2.19 bits per heavy atom. The van der Waals surface area contributed by atoms with E-state index in [9.17, 15) is 21.9 Å². The van der Waals surface area contributed by atoms with Crippen molar-refractivity contribution in [3.05, 3.63) is 65.2 Å². The van der Waals surface area contributed by atoms with Gasteiger partial charge in [-0.25, -0.2) is 16.8 Å². The van der Waals surface area contributed by atoms with Gasteiger partial charge < -0.3 is 5.11 Å². The molecule has 1 aliphatic heterocycles. The fourth-order valence-corrected chi connectivity index (χ4v) is 6.63. The van der Waals surface area contributed by atoms with Crippen LogP contribution in [0.15, 0.2) is 59.5 Å². The third kappa shape index (κ3) is 4.10. The van der Waals surface area contributed by atoms with E-state index in [4.69, 9.17) is 11.6 Å². The third-order valence-electron chi connectivity index (χ3n) is 4.26. The number of sulfonamides is 1. The molecule has 140 valence electrons. The predicted molar refractivity (Wildman–Crippen MR) is 99.1 cm³/mol. The second-order valence-corrected chi connectivity index (χ2v) is 10.7. The molecule has 1 saturated heterocycles. The minimum atomic E-state index is -4.03. The Morgan fingerprint density at radius 2 is 1.65 bits per heavy atom. The highest BCUT2D eigenvalue weighted by Crippen LogP contribution is 2.28. The first-order chi connectivity index (χ1) is 12.2. The smallest absolute Gasteiger partial charge is 0.243 e. The largest absolute Gasteiger partial charge is 0.390 e. The minimum Gasteiger partial charge on any atom is -0.390 e. The number of hydrogen-bond donors (Lipinski definition) is 1. The van der Waals surface area contributed by atoms with Crippen LogP contribution in [0.5, 0.6) is 0 Å². The molecule has 2 atom stereocenters. The van der Waals surface area contributed by atoms with E-state index in [1.165, 1.54) is 24.3 Å². The van der Waals surface area contributed by atoms with E-state index >= 15 is 0 Å². The molecule has 0 aromatic heterocycles. The Labute approximate surface area is 158 Å². The first-order valence-corrected chi connectivity index (χ1v) is 11.5. The lowest BCUT2D eigenvalue weighted by atomic mass is 10.2. The minimum absolute atomic E-state index is 0.00525. The van der Waals surface area contributed by atoms with E-state index in [1.807, 2.05) is 0 Å². The average Bonchev–Trinajstić information content (AvgIpc) is 2.86. The standard InChI is InChI=1S/C17H18ClNO5S2/c18-14-6-8-15(9-7-14)26(23,24)19(10-13-4-2-1-3-5-13)16-11-25(21,22)12-17(16)20/h1-9,16-17,20H,10-12H2/t16-,17+/m1/s1. The number of sulfone groups is 1. The molecule has 1 fully saturated rings. The summed E-state index contributed by atoms with van der Waals surface area (Å²) in [6.07, 6.45) is -1.27. The summed E-state index contributed by atoms with van der Waals surface area (Å²) in [6, 6.07) is 13.4. The molecule has 0 aliphatic carbocycles. The highest BCUT2D eigenvalue weighted by molar-refractivity contribution is 7.92. The molecule has 26 heavy (non-hydrogen) atoms. The van der Waals surface area contributed by atoms with Gasteiger partial charge in [-0.1, -0.05) is 41.9 Å². The van der Waals surface area contributed by atoms with Gasteiger partial charge in [-0.05, 0) is 29.8 Å². The molecule has 1 heterocycles.